The van der Waals surface area contributed by atoms with Crippen LogP contribution in [0, 0.1) is 12.7 Å². The molecule has 0 bridgehead atoms. The average molecular weight is 430 g/mol. The van der Waals surface area contributed by atoms with E-state index in [2.05, 4.69) is 20.6 Å². The molecule has 0 saturated carbocycles. The summed E-state index contributed by atoms with van der Waals surface area (Å²) >= 11 is 0. The predicted octanol–water partition coefficient (Wildman–Crippen LogP) is 4.62. The van der Waals surface area contributed by atoms with Gasteiger partial charge in [-0.25, -0.2) is 4.39 Å². The molecular formula is C21H14F4N4O2. The summed E-state index contributed by atoms with van der Waals surface area (Å²) < 4.78 is 51.4. The Balaban J connectivity index is 1.57. The Morgan fingerprint density at radius 2 is 1.97 bits per heavy atom. The molecule has 1 aliphatic rings. The minimum Gasteiger partial charge on any atom is -0.360 e. The van der Waals surface area contributed by atoms with Gasteiger partial charge in [-0.05, 0) is 48.9 Å². The fourth-order valence-electron chi connectivity index (χ4n) is 3.13. The van der Waals surface area contributed by atoms with E-state index in [1.165, 1.54) is 30.5 Å². The van der Waals surface area contributed by atoms with Crippen LogP contribution in [-0.2, 0) is 11.0 Å². The third-order valence-corrected chi connectivity index (χ3v) is 4.80. The summed E-state index contributed by atoms with van der Waals surface area (Å²) in [5.41, 5.74) is 1.47. The molecule has 2 amide bonds. The number of carbonyl (C=O) groups excluding carboxylic acids is 2. The molecule has 0 radical (unpaired) electrons. The monoisotopic (exact) mass is 430 g/mol. The molecule has 2 aromatic heterocycles. The number of nitrogens with zero attached hydrogens (tertiary/aromatic N) is 1. The van der Waals surface area contributed by atoms with Crippen LogP contribution >= 0.6 is 0 Å². The molecule has 1 aliphatic heterocycles. The molecule has 4 rings (SSSR count). The maximum Gasteiger partial charge on any atom is 0.433 e. The number of amides is 2. The topological polar surface area (TPSA) is 86.9 Å². The molecule has 3 aromatic rings. The quantitative estimate of drug-likeness (QED) is 0.419. The largest absolute Gasteiger partial charge is 0.433 e. The summed E-state index contributed by atoms with van der Waals surface area (Å²) in [6.45, 7) is 1.68. The van der Waals surface area contributed by atoms with E-state index in [0.717, 1.165) is 18.3 Å². The fraction of sp³-hybridized carbons (Fsp3) is 0.0952. The maximum absolute atomic E-state index is 13.6. The van der Waals surface area contributed by atoms with Gasteiger partial charge in [-0.1, -0.05) is 0 Å². The van der Waals surface area contributed by atoms with E-state index in [1.54, 1.807) is 6.92 Å². The van der Waals surface area contributed by atoms with Gasteiger partial charge in [-0.15, -0.1) is 0 Å². The zero-order chi connectivity index (χ0) is 22.3. The Hall–Kier alpha value is -3.95. The fourth-order valence-corrected chi connectivity index (χ4v) is 3.13. The van der Waals surface area contributed by atoms with Crippen LogP contribution in [-0.4, -0.2) is 21.8 Å². The molecule has 0 spiro atoms. The van der Waals surface area contributed by atoms with Gasteiger partial charge in [0.2, 0.25) is 0 Å². The number of benzene rings is 1. The molecule has 0 saturated heterocycles. The summed E-state index contributed by atoms with van der Waals surface area (Å²) in [7, 11) is 0. The lowest BCUT2D eigenvalue weighted by Gasteiger charge is -2.07. The second kappa shape index (κ2) is 7.38. The number of aromatic amines is 1. The van der Waals surface area contributed by atoms with Crippen LogP contribution in [0.4, 0.5) is 28.9 Å². The van der Waals surface area contributed by atoms with E-state index >= 15 is 0 Å². The van der Waals surface area contributed by atoms with Gasteiger partial charge in [0.1, 0.15) is 11.5 Å². The number of H-pyrrole nitrogens is 1. The van der Waals surface area contributed by atoms with Gasteiger partial charge in [0.25, 0.3) is 11.8 Å². The highest BCUT2D eigenvalue weighted by atomic mass is 19.4. The van der Waals surface area contributed by atoms with Crippen molar-refractivity contribution in [3.05, 3.63) is 76.6 Å². The first-order chi connectivity index (χ1) is 14.6. The van der Waals surface area contributed by atoms with Crippen molar-refractivity contribution in [2.75, 3.05) is 10.6 Å². The maximum atomic E-state index is 13.6. The summed E-state index contributed by atoms with van der Waals surface area (Å²) in [4.78, 5) is 30.8. The molecule has 158 valence electrons. The Morgan fingerprint density at radius 1 is 1.19 bits per heavy atom. The number of carbonyl (C=O) groups is 2. The van der Waals surface area contributed by atoms with E-state index in [1.807, 2.05) is 0 Å². The lowest BCUT2D eigenvalue weighted by Crippen LogP contribution is -2.14. The van der Waals surface area contributed by atoms with Crippen molar-refractivity contribution in [3.63, 3.8) is 0 Å². The van der Waals surface area contributed by atoms with E-state index in [9.17, 15) is 27.2 Å². The van der Waals surface area contributed by atoms with Gasteiger partial charge >= 0.3 is 6.18 Å². The molecule has 6 nitrogen and oxygen atoms in total. The van der Waals surface area contributed by atoms with Gasteiger partial charge in [0, 0.05) is 29.3 Å². The summed E-state index contributed by atoms with van der Waals surface area (Å²) in [6, 6.07) is 5.71. The van der Waals surface area contributed by atoms with E-state index in [4.69, 9.17) is 0 Å². The number of hydrogen-bond donors (Lipinski definition) is 3. The van der Waals surface area contributed by atoms with Crippen LogP contribution in [0.1, 0.15) is 32.9 Å². The number of rotatable bonds is 3. The number of fused-ring (bicyclic) bond motifs is 1. The van der Waals surface area contributed by atoms with Crippen molar-refractivity contribution in [1.29, 1.82) is 0 Å². The van der Waals surface area contributed by atoms with Crippen LogP contribution < -0.4 is 10.6 Å². The third-order valence-electron chi connectivity index (χ3n) is 4.80. The molecule has 31 heavy (non-hydrogen) atoms. The van der Waals surface area contributed by atoms with Crippen LogP contribution in [0.15, 0.2) is 42.7 Å². The number of halogens is 4. The Morgan fingerprint density at radius 3 is 2.65 bits per heavy atom. The Bertz CT molecular complexity index is 1230. The van der Waals surface area contributed by atoms with E-state index in [0.29, 0.717) is 28.2 Å². The summed E-state index contributed by atoms with van der Waals surface area (Å²) in [5.74, 6) is -1.52. The molecule has 3 heterocycles. The first-order valence-electron chi connectivity index (χ1n) is 8.99. The Labute approximate surface area is 173 Å². The second-order valence-electron chi connectivity index (χ2n) is 6.83. The highest BCUT2D eigenvalue weighted by molar-refractivity contribution is 6.34. The molecule has 0 unspecified atom stereocenters. The summed E-state index contributed by atoms with van der Waals surface area (Å²) in [6.07, 6.45) is -0.734. The van der Waals surface area contributed by atoms with Crippen molar-refractivity contribution in [2.45, 2.75) is 13.1 Å². The number of aromatic nitrogens is 2. The van der Waals surface area contributed by atoms with Crippen molar-refractivity contribution in [3.8, 4) is 0 Å². The van der Waals surface area contributed by atoms with Gasteiger partial charge in [0.15, 0.2) is 0 Å². The molecule has 3 N–H and O–H groups in total. The van der Waals surface area contributed by atoms with Crippen LogP contribution in [0.5, 0.6) is 0 Å². The average Bonchev–Trinajstić information content (AvgIpc) is 3.21. The first-order valence-corrected chi connectivity index (χ1v) is 8.99. The van der Waals surface area contributed by atoms with Gasteiger partial charge in [0.05, 0.1) is 16.8 Å². The lowest BCUT2D eigenvalue weighted by atomic mass is 10.0. The predicted molar refractivity (Wildman–Crippen MR) is 106 cm³/mol. The van der Waals surface area contributed by atoms with Crippen molar-refractivity contribution in [1.82, 2.24) is 9.97 Å². The molecular weight excluding hydrogens is 416 g/mol. The molecule has 0 atom stereocenters. The second-order valence-corrected chi connectivity index (χ2v) is 6.83. The number of anilines is 2. The number of hydrogen-bond acceptors (Lipinski definition) is 3. The van der Waals surface area contributed by atoms with Crippen LogP contribution in [0.25, 0.3) is 11.6 Å². The molecule has 1 aromatic carbocycles. The molecule has 10 heteroatoms. The number of pyridine rings is 1. The SMILES string of the molecule is Cc1c(NC(=O)c2ccc(C(F)(F)F)nc2)c[nH]c1/C=C1\C(=O)Nc2ccc(F)cc21. The smallest absolute Gasteiger partial charge is 0.360 e. The highest BCUT2D eigenvalue weighted by Crippen LogP contribution is 2.34. The lowest BCUT2D eigenvalue weighted by molar-refractivity contribution is -0.141. The zero-order valence-corrected chi connectivity index (χ0v) is 15.9. The molecule has 0 aliphatic carbocycles. The number of nitrogens with one attached hydrogen (secondary N) is 3. The van der Waals surface area contributed by atoms with Crippen molar-refractivity contribution < 1.29 is 27.2 Å². The minimum atomic E-state index is -4.59. The third kappa shape index (κ3) is 3.91. The van der Waals surface area contributed by atoms with Crippen molar-refractivity contribution in [2.24, 2.45) is 0 Å². The zero-order valence-electron chi connectivity index (χ0n) is 15.9. The molecule has 0 fully saturated rings. The normalized spacial score (nSPS) is 14.5. The highest BCUT2D eigenvalue weighted by Gasteiger charge is 2.32. The van der Waals surface area contributed by atoms with E-state index < -0.39 is 29.5 Å². The Kier molecular flexibility index (Phi) is 4.84. The van der Waals surface area contributed by atoms with Gasteiger partial charge in [-0.3, -0.25) is 14.6 Å². The minimum absolute atomic E-state index is 0.0481. The van der Waals surface area contributed by atoms with Crippen LogP contribution in [0.2, 0.25) is 0 Å². The van der Waals surface area contributed by atoms with Crippen LogP contribution in [0.3, 0.4) is 0 Å². The van der Waals surface area contributed by atoms with Gasteiger partial charge < -0.3 is 15.6 Å². The summed E-state index contributed by atoms with van der Waals surface area (Å²) in [5, 5.41) is 5.23. The van der Waals surface area contributed by atoms with Crippen molar-refractivity contribution >= 4 is 34.8 Å². The standard InChI is InChI=1S/C21H14F4N4O2/c1-10-16(7-14-13-6-12(22)3-4-15(13)28-20(14)31)26-9-17(10)29-19(30)11-2-5-18(27-8-11)21(23,24)25/h2-9,26H,1H3,(H,28,31)(H,29,30)/b14-7-. The first kappa shape index (κ1) is 20.3. The van der Waals surface area contributed by atoms with E-state index in [-0.39, 0.29) is 11.1 Å². The van der Waals surface area contributed by atoms with Gasteiger partial charge in [-0.2, -0.15) is 13.2 Å². The number of alkyl halides is 3.